The fourth-order valence-electron chi connectivity index (χ4n) is 1.97. The van der Waals surface area contributed by atoms with Crippen molar-refractivity contribution in [2.45, 2.75) is 26.4 Å². The zero-order valence-electron chi connectivity index (χ0n) is 12.7. The van der Waals surface area contributed by atoms with Crippen molar-refractivity contribution in [3.63, 3.8) is 0 Å². The first kappa shape index (κ1) is 15.8. The van der Waals surface area contributed by atoms with Crippen LogP contribution >= 0.6 is 0 Å². The van der Waals surface area contributed by atoms with Gasteiger partial charge in [0.15, 0.2) is 0 Å². The molecule has 0 unspecified atom stereocenters. The van der Waals surface area contributed by atoms with Crippen molar-refractivity contribution in [2.75, 3.05) is 0 Å². The van der Waals surface area contributed by atoms with Crippen LogP contribution in [-0.2, 0) is 0 Å². The Morgan fingerprint density at radius 2 is 1.91 bits per heavy atom. The van der Waals surface area contributed by atoms with Gasteiger partial charge in [-0.15, -0.1) is 0 Å². The van der Waals surface area contributed by atoms with Crippen LogP contribution in [0.4, 0.5) is 4.39 Å². The maximum Gasteiger partial charge on any atom is 0.131 e. The summed E-state index contributed by atoms with van der Waals surface area (Å²) in [7, 11) is 0. The average molecular weight is 295 g/mol. The SMILES string of the molecule is CC[C@H](C)Oc1ccc(/C=C(/C#N)c2ccccc2F)cc1. The molecule has 0 saturated heterocycles. The summed E-state index contributed by atoms with van der Waals surface area (Å²) in [6.45, 7) is 4.08. The number of nitriles is 1. The monoisotopic (exact) mass is 295 g/mol. The number of halogens is 1. The molecule has 0 aromatic heterocycles. The van der Waals surface area contributed by atoms with Gasteiger partial charge < -0.3 is 4.74 Å². The second kappa shape index (κ2) is 7.42. The Balaban J connectivity index is 2.24. The molecule has 0 aliphatic rings. The number of rotatable bonds is 5. The molecule has 2 nitrogen and oxygen atoms in total. The van der Waals surface area contributed by atoms with Crippen LogP contribution < -0.4 is 4.74 Å². The van der Waals surface area contributed by atoms with Crippen LogP contribution in [0, 0.1) is 17.1 Å². The lowest BCUT2D eigenvalue weighted by molar-refractivity contribution is 0.217. The van der Waals surface area contributed by atoms with E-state index >= 15 is 0 Å². The van der Waals surface area contributed by atoms with Gasteiger partial charge in [0.2, 0.25) is 0 Å². The Hall–Kier alpha value is -2.60. The first-order valence-corrected chi connectivity index (χ1v) is 7.27. The fourth-order valence-corrected chi connectivity index (χ4v) is 1.97. The second-order valence-corrected chi connectivity index (χ2v) is 5.06. The maximum absolute atomic E-state index is 13.8. The topological polar surface area (TPSA) is 33.0 Å². The number of ether oxygens (including phenoxy) is 1. The summed E-state index contributed by atoms with van der Waals surface area (Å²) in [4.78, 5) is 0. The summed E-state index contributed by atoms with van der Waals surface area (Å²) in [6, 6.07) is 15.8. The molecule has 2 aromatic rings. The predicted molar refractivity (Wildman–Crippen MR) is 86.7 cm³/mol. The van der Waals surface area contributed by atoms with E-state index in [1.165, 1.54) is 6.07 Å². The minimum Gasteiger partial charge on any atom is -0.491 e. The van der Waals surface area contributed by atoms with Crippen molar-refractivity contribution in [3.8, 4) is 11.8 Å². The quantitative estimate of drug-likeness (QED) is 0.570. The molecule has 22 heavy (non-hydrogen) atoms. The summed E-state index contributed by atoms with van der Waals surface area (Å²) >= 11 is 0. The minimum absolute atomic E-state index is 0.162. The summed E-state index contributed by atoms with van der Waals surface area (Å²) < 4.78 is 19.5. The molecule has 0 radical (unpaired) electrons. The highest BCUT2D eigenvalue weighted by atomic mass is 19.1. The molecule has 112 valence electrons. The molecule has 0 N–H and O–H groups in total. The molecule has 0 amide bonds. The molecular formula is C19H18FNO. The van der Waals surface area contributed by atoms with Gasteiger partial charge in [0.25, 0.3) is 0 Å². The molecule has 0 bridgehead atoms. The molecule has 0 fully saturated rings. The Kier molecular flexibility index (Phi) is 5.32. The average Bonchev–Trinajstić information content (AvgIpc) is 2.55. The largest absolute Gasteiger partial charge is 0.491 e. The van der Waals surface area contributed by atoms with Crippen molar-refractivity contribution in [3.05, 3.63) is 65.5 Å². The highest BCUT2D eigenvalue weighted by Crippen LogP contribution is 2.22. The van der Waals surface area contributed by atoms with Crippen molar-refractivity contribution in [1.29, 1.82) is 5.26 Å². The van der Waals surface area contributed by atoms with Crippen molar-refractivity contribution >= 4 is 11.6 Å². The van der Waals surface area contributed by atoms with E-state index in [0.717, 1.165) is 17.7 Å². The van der Waals surface area contributed by atoms with Crippen molar-refractivity contribution < 1.29 is 9.13 Å². The third-order valence-corrected chi connectivity index (χ3v) is 3.39. The molecular weight excluding hydrogens is 277 g/mol. The van der Waals surface area contributed by atoms with Gasteiger partial charge in [-0.3, -0.25) is 0 Å². The van der Waals surface area contributed by atoms with E-state index in [9.17, 15) is 9.65 Å². The van der Waals surface area contributed by atoms with E-state index in [4.69, 9.17) is 4.74 Å². The van der Waals surface area contributed by atoms with E-state index in [1.807, 2.05) is 31.2 Å². The summed E-state index contributed by atoms with van der Waals surface area (Å²) in [6.07, 6.45) is 2.77. The van der Waals surface area contributed by atoms with E-state index < -0.39 is 5.82 Å². The Morgan fingerprint density at radius 1 is 1.23 bits per heavy atom. The Morgan fingerprint density at radius 3 is 2.50 bits per heavy atom. The predicted octanol–water partition coefficient (Wildman–Crippen LogP) is 5.07. The first-order chi connectivity index (χ1) is 10.6. The number of hydrogen-bond donors (Lipinski definition) is 0. The molecule has 3 heteroatoms. The number of allylic oxidation sites excluding steroid dienone is 1. The van der Waals surface area contributed by atoms with Crippen LogP contribution in [0.15, 0.2) is 48.5 Å². The smallest absolute Gasteiger partial charge is 0.131 e. The van der Waals surface area contributed by atoms with Crippen LogP contribution in [-0.4, -0.2) is 6.10 Å². The van der Waals surface area contributed by atoms with E-state index in [0.29, 0.717) is 11.1 Å². The minimum atomic E-state index is -0.396. The van der Waals surface area contributed by atoms with Gasteiger partial charge in [0.1, 0.15) is 11.6 Å². The summed E-state index contributed by atoms with van der Waals surface area (Å²) in [5.74, 6) is 0.392. The zero-order valence-corrected chi connectivity index (χ0v) is 12.7. The number of hydrogen-bond acceptors (Lipinski definition) is 2. The van der Waals surface area contributed by atoms with Gasteiger partial charge >= 0.3 is 0 Å². The van der Waals surface area contributed by atoms with Crippen molar-refractivity contribution in [2.24, 2.45) is 0 Å². The lowest BCUT2D eigenvalue weighted by Gasteiger charge is -2.12. The van der Waals surface area contributed by atoms with Crippen LogP contribution in [0.25, 0.3) is 11.6 Å². The van der Waals surface area contributed by atoms with Crippen LogP contribution in [0.2, 0.25) is 0 Å². The maximum atomic E-state index is 13.8. The van der Waals surface area contributed by atoms with Crippen LogP contribution in [0.1, 0.15) is 31.4 Å². The highest BCUT2D eigenvalue weighted by Gasteiger charge is 2.07. The number of nitrogens with zero attached hydrogens (tertiary/aromatic N) is 1. The zero-order chi connectivity index (χ0) is 15.9. The van der Waals surface area contributed by atoms with E-state index in [-0.39, 0.29) is 6.10 Å². The molecule has 0 aliphatic heterocycles. The summed E-state index contributed by atoms with van der Waals surface area (Å²) in [5, 5.41) is 9.26. The van der Waals surface area contributed by atoms with Gasteiger partial charge in [-0.25, -0.2) is 4.39 Å². The fraction of sp³-hybridized carbons (Fsp3) is 0.211. The second-order valence-electron chi connectivity index (χ2n) is 5.06. The molecule has 0 heterocycles. The van der Waals surface area contributed by atoms with Crippen molar-refractivity contribution in [1.82, 2.24) is 0 Å². The molecule has 0 spiro atoms. The third kappa shape index (κ3) is 3.95. The van der Waals surface area contributed by atoms with E-state index in [2.05, 4.69) is 13.0 Å². The molecule has 0 aliphatic carbocycles. The first-order valence-electron chi connectivity index (χ1n) is 7.27. The Labute approximate surface area is 130 Å². The molecule has 2 rings (SSSR count). The molecule has 2 aromatic carbocycles. The normalized spacial score (nSPS) is 12.5. The lowest BCUT2D eigenvalue weighted by Crippen LogP contribution is -2.09. The molecule has 1 atom stereocenters. The summed E-state index contributed by atoms with van der Waals surface area (Å²) in [5.41, 5.74) is 1.44. The standard InChI is InChI=1S/C19H18FNO/c1-3-14(2)22-17-10-8-15(9-11-17)12-16(13-21)18-6-4-5-7-19(18)20/h4-12,14H,3H2,1-2H3/b16-12-/t14-/m0/s1. The van der Waals surface area contributed by atoms with Crippen LogP contribution in [0.5, 0.6) is 5.75 Å². The number of benzene rings is 2. The Bertz CT molecular complexity index is 698. The third-order valence-electron chi connectivity index (χ3n) is 3.39. The lowest BCUT2D eigenvalue weighted by atomic mass is 10.0. The van der Waals surface area contributed by atoms with Gasteiger partial charge in [0, 0.05) is 5.56 Å². The van der Waals surface area contributed by atoms with Crippen LogP contribution in [0.3, 0.4) is 0 Å². The van der Waals surface area contributed by atoms with Gasteiger partial charge in [-0.05, 0) is 43.2 Å². The van der Waals surface area contributed by atoms with Gasteiger partial charge in [-0.1, -0.05) is 37.3 Å². The van der Waals surface area contributed by atoms with Gasteiger partial charge in [-0.2, -0.15) is 5.26 Å². The highest BCUT2D eigenvalue weighted by molar-refractivity contribution is 5.89. The van der Waals surface area contributed by atoms with E-state index in [1.54, 1.807) is 24.3 Å². The van der Waals surface area contributed by atoms with Gasteiger partial charge in [0.05, 0.1) is 17.7 Å². The molecule has 0 saturated carbocycles.